The largest absolute Gasteiger partial charge is 0.469 e. The van der Waals surface area contributed by atoms with Crippen LogP contribution in [0.4, 0.5) is 0 Å². The summed E-state index contributed by atoms with van der Waals surface area (Å²) in [6.07, 6.45) is 0.466. The standard InChI is InChI=1S/C8H17NO2S/c1-6(9)5-12-7(2)4-8(10)11-3/h6-7H,4-5,9H2,1-3H3. The maximum atomic E-state index is 10.8. The second-order valence-electron chi connectivity index (χ2n) is 2.90. The molecule has 0 aromatic heterocycles. The normalized spacial score (nSPS) is 15.3. The van der Waals surface area contributed by atoms with E-state index in [9.17, 15) is 4.79 Å². The van der Waals surface area contributed by atoms with E-state index in [1.165, 1.54) is 7.11 Å². The van der Waals surface area contributed by atoms with Crippen LogP contribution in [-0.2, 0) is 9.53 Å². The first-order chi connectivity index (χ1) is 5.56. The monoisotopic (exact) mass is 191 g/mol. The number of rotatable bonds is 5. The van der Waals surface area contributed by atoms with Crippen molar-refractivity contribution in [2.24, 2.45) is 5.73 Å². The molecule has 0 rings (SSSR count). The van der Waals surface area contributed by atoms with Crippen molar-refractivity contribution in [3.8, 4) is 0 Å². The second kappa shape index (κ2) is 6.31. The smallest absolute Gasteiger partial charge is 0.306 e. The van der Waals surface area contributed by atoms with E-state index in [-0.39, 0.29) is 12.0 Å². The topological polar surface area (TPSA) is 52.3 Å². The Morgan fingerprint density at radius 2 is 2.17 bits per heavy atom. The van der Waals surface area contributed by atoms with Crippen molar-refractivity contribution >= 4 is 17.7 Å². The number of thioether (sulfide) groups is 1. The van der Waals surface area contributed by atoms with Crippen LogP contribution in [0.2, 0.25) is 0 Å². The lowest BCUT2D eigenvalue weighted by Crippen LogP contribution is -2.20. The Labute approximate surface area is 78.0 Å². The summed E-state index contributed by atoms with van der Waals surface area (Å²) in [5.41, 5.74) is 5.57. The number of ether oxygens (including phenoxy) is 1. The first kappa shape index (κ1) is 11.8. The number of esters is 1. The summed E-state index contributed by atoms with van der Waals surface area (Å²) in [6.45, 7) is 3.96. The highest BCUT2D eigenvalue weighted by molar-refractivity contribution is 7.99. The fourth-order valence-corrected chi connectivity index (χ4v) is 1.58. The third-order valence-corrected chi connectivity index (χ3v) is 2.78. The molecule has 0 radical (unpaired) electrons. The van der Waals surface area contributed by atoms with Gasteiger partial charge in [-0.25, -0.2) is 0 Å². The van der Waals surface area contributed by atoms with Gasteiger partial charge in [0, 0.05) is 17.0 Å². The van der Waals surface area contributed by atoms with E-state index in [1.54, 1.807) is 11.8 Å². The molecule has 0 bridgehead atoms. The number of carbonyl (C=O) groups excluding carboxylic acids is 1. The fourth-order valence-electron chi connectivity index (χ4n) is 0.693. The molecule has 0 spiro atoms. The van der Waals surface area contributed by atoms with Crippen LogP contribution in [0.5, 0.6) is 0 Å². The lowest BCUT2D eigenvalue weighted by molar-refractivity contribution is -0.140. The van der Waals surface area contributed by atoms with Gasteiger partial charge in [-0.1, -0.05) is 6.92 Å². The highest BCUT2D eigenvalue weighted by atomic mass is 32.2. The summed E-state index contributed by atoms with van der Waals surface area (Å²) < 4.78 is 4.54. The van der Waals surface area contributed by atoms with Gasteiger partial charge in [-0.05, 0) is 6.92 Å². The van der Waals surface area contributed by atoms with Crippen molar-refractivity contribution in [3.05, 3.63) is 0 Å². The molecule has 0 aliphatic heterocycles. The number of hydrogen-bond donors (Lipinski definition) is 1. The fraction of sp³-hybridized carbons (Fsp3) is 0.875. The molecule has 0 heterocycles. The molecule has 0 aromatic rings. The minimum absolute atomic E-state index is 0.153. The summed E-state index contributed by atoms with van der Waals surface area (Å²) in [7, 11) is 1.41. The Hall–Kier alpha value is -0.220. The molecule has 0 aliphatic rings. The molecule has 72 valence electrons. The Kier molecular flexibility index (Phi) is 6.20. The van der Waals surface area contributed by atoms with E-state index in [0.717, 1.165) is 5.75 Å². The lowest BCUT2D eigenvalue weighted by Gasteiger charge is -2.10. The summed E-state index contributed by atoms with van der Waals surface area (Å²) in [5, 5.41) is 0.295. The molecule has 0 amide bonds. The lowest BCUT2D eigenvalue weighted by atomic mass is 10.3. The Morgan fingerprint density at radius 1 is 1.58 bits per heavy atom. The van der Waals surface area contributed by atoms with Gasteiger partial charge in [-0.3, -0.25) is 4.79 Å². The van der Waals surface area contributed by atoms with Gasteiger partial charge in [0.2, 0.25) is 0 Å². The van der Waals surface area contributed by atoms with E-state index in [4.69, 9.17) is 5.73 Å². The number of hydrogen-bond acceptors (Lipinski definition) is 4. The molecule has 0 fully saturated rings. The van der Waals surface area contributed by atoms with Gasteiger partial charge in [-0.15, -0.1) is 0 Å². The van der Waals surface area contributed by atoms with Crippen LogP contribution < -0.4 is 5.73 Å². The first-order valence-electron chi connectivity index (χ1n) is 4.00. The Morgan fingerprint density at radius 3 is 2.58 bits per heavy atom. The van der Waals surface area contributed by atoms with Gasteiger partial charge in [-0.2, -0.15) is 11.8 Å². The zero-order chi connectivity index (χ0) is 9.56. The molecule has 2 unspecified atom stereocenters. The molecular formula is C8H17NO2S. The summed E-state index contributed by atoms with van der Waals surface area (Å²) in [6, 6.07) is 0.190. The predicted molar refractivity (Wildman–Crippen MR) is 52.2 cm³/mol. The van der Waals surface area contributed by atoms with Crippen molar-refractivity contribution in [1.82, 2.24) is 0 Å². The molecule has 0 saturated heterocycles. The quantitative estimate of drug-likeness (QED) is 0.659. The second-order valence-corrected chi connectivity index (χ2v) is 4.37. The van der Waals surface area contributed by atoms with Crippen LogP contribution in [0, 0.1) is 0 Å². The average Bonchev–Trinajstić information content (AvgIpc) is 2.00. The highest BCUT2D eigenvalue weighted by Crippen LogP contribution is 2.14. The van der Waals surface area contributed by atoms with Crippen LogP contribution in [0.3, 0.4) is 0 Å². The molecule has 2 atom stereocenters. The van der Waals surface area contributed by atoms with Gasteiger partial charge >= 0.3 is 5.97 Å². The molecule has 3 nitrogen and oxygen atoms in total. The zero-order valence-electron chi connectivity index (χ0n) is 7.87. The van der Waals surface area contributed by atoms with Crippen molar-refractivity contribution < 1.29 is 9.53 Å². The van der Waals surface area contributed by atoms with Crippen LogP contribution in [0.15, 0.2) is 0 Å². The van der Waals surface area contributed by atoms with Crippen molar-refractivity contribution in [2.75, 3.05) is 12.9 Å². The van der Waals surface area contributed by atoms with E-state index >= 15 is 0 Å². The first-order valence-corrected chi connectivity index (χ1v) is 5.05. The summed E-state index contributed by atoms with van der Waals surface area (Å²) in [5.74, 6) is 0.734. The molecule has 0 aromatic carbocycles. The van der Waals surface area contributed by atoms with Gasteiger partial charge in [0.1, 0.15) is 0 Å². The van der Waals surface area contributed by atoms with E-state index in [2.05, 4.69) is 4.74 Å². The average molecular weight is 191 g/mol. The number of methoxy groups -OCH3 is 1. The van der Waals surface area contributed by atoms with E-state index in [1.807, 2.05) is 13.8 Å². The van der Waals surface area contributed by atoms with Crippen molar-refractivity contribution in [3.63, 3.8) is 0 Å². The minimum Gasteiger partial charge on any atom is -0.469 e. The van der Waals surface area contributed by atoms with Gasteiger partial charge in [0.25, 0.3) is 0 Å². The summed E-state index contributed by atoms with van der Waals surface area (Å²) >= 11 is 1.70. The van der Waals surface area contributed by atoms with Crippen LogP contribution in [0.1, 0.15) is 20.3 Å². The Balaban J connectivity index is 3.45. The molecule has 4 heteroatoms. The van der Waals surface area contributed by atoms with Crippen LogP contribution in [-0.4, -0.2) is 30.1 Å². The predicted octanol–water partition coefficient (Wildman–Crippen LogP) is 1.02. The van der Waals surface area contributed by atoms with Crippen LogP contribution >= 0.6 is 11.8 Å². The number of nitrogens with two attached hydrogens (primary N) is 1. The molecule has 2 N–H and O–H groups in total. The van der Waals surface area contributed by atoms with Crippen molar-refractivity contribution in [2.45, 2.75) is 31.6 Å². The summed E-state index contributed by atoms with van der Waals surface area (Å²) in [4.78, 5) is 10.8. The molecule has 0 aliphatic carbocycles. The van der Waals surface area contributed by atoms with Gasteiger partial charge < -0.3 is 10.5 Å². The third kappa shape index (κ3) is 6.49. The SMILES string of the molecule is COC(=O)CC(C)SCC(C)N. The van der Waals surface area contributed by atoms with Gasteiger partial charge in [0.05, 0.1) is 13.5 Å². The maximum Gasteiger partial charge on any atom is 0.306 e. The van der Waals surface area contributed by atoms with Crippen LogP contribution in [0.25, 0.3) is 0 Å². The van der Waals surface area contributed by atoms with Gasteiger partial charge in [0.15, 0.2) is 0 Å². The zero-order valence-corrected chi connectivity index (χ0v) is 8.69. The Bertz CT molecular complexity index is 139. The molecule has 12 heavy (non-hydrogen) atoms. The van der Waals surface area contributed by atoms with E-state index in [0.29, 0.717) is 11.7 Å². The minimum atomic E-state index is -0.153. The molecular weight excluding hydrogens is 174 g/mol. The highest BCUT2D eigenvalue weighted by Gasteiger charge is 2.09. The van der Waals surface area contributed by atoms with E-state index < -0.39 is 0 Å². The number of carbonyl (C=O) groups is 1. The molecule has 0 saturated carbocycles. The van der Waals surface area contributed by atoms with Crippen molar-refractivity contribution in [1.29, 1.82) is 0 Å². The maximum absolute atomic E-state index is 10.8. The third-order valence-electron chi connectivity index (χ3n) is 1.33.